The third-order valence-corrected chi connectivity index (χ3v) is 3.58. The molecule has 1 amide bonds. The minimum atomic E-state index is -4.77. The molecule has 1 atom stereocenters. The van der Waals surface area contributed by atoms with Crippen LogP contribution in [0.15, 0.2) is 36.4 Å². The first-order chi connectivity index (χ1) is 12.5. The second-order valence-electron chi connectivity index (χ2n) is 5.47. The van der Waals surface area contributed by atoms with E-state index in [1.54, 1.807) is 5.32 Å². The minimum Gasteiger partial charge on any atom is -0.480 e. The van der Waals surface area contributed by atoms with Crippen LogP contribution in [0.25, 0.3) is 0 Å². The van der Waals surface area contributed by atoms with E-state index in [1.165, 1.54) is 6.07 Å². The number of amides is 1. The van der Waals surface area contributed by atoms with Gasteiger partial charge in [0, 0.05) is 18.6 Å². The second kappa shape index (κ2) is 7.68. The maximum atomic E-state index is 13.6. The van der Waals surface area contributed by atoms with Gasteiger partial charge in [0.15, 0.2) is 0 Å². The van der Waals surface area contributed by atoms with Crippen molar-refractivity contribution in [1.82, 2.24) is 5.32 Å². The van der Waals surface area contributed by atoms with Gasteiger partial charge in [0.25, 0.3) is 5.91 Å². The molecule has 2 aromatic rings. The van der Waals surface area contributed by atoms with Gasteiger partial charge in [-0.15, -0.1) is 0 Å². The van der Waals surface area contributed by atoms with Gasteiger partial charge in [-0.25, -0.2) is 18.0 Å². The monoisotopic (exact) mass is 391 g/mol. The number of rotatable bonds is 5. The van der Waals surface area contributed by atoms with Crippen LogP contribution in [-0.2, 0) is 17.4 Å². The van der Waals surface area contributed by atoms with Gasteiger partial charge in [-0.05, 0) is 11.6 Å². The molecule has 0 saturated heterocycles. The molecular formula is C17H11F6NO3. The Kier molecular flexibility index (Phi) is 5.77. The van der Waals surface area contributed by atoms with Crippen LogP contribution in [0.2, 0.25) is 0 Å². The number of halogens is 6. The smallest absolute Gasteiger partial charge is 0.416 e. The summed E-state index contributed by atoms with van der Waals surface area (Å²) in [5, 5.41) is 10.9. The van der Waals surface area contributed by atoms with E-state index in [9.17, 15) is 35.9 Å². The Hall–Kier alpha value is -3.04. The predicted molar refractivity (Wildman–Crippen MR) is 80.4 cm³/mol. The first-order valence-electron chi connectivity index (χ1n) is 7.34. The van der Waals surface area contributed by atoms with Crippen LogP contribution in [0, 0.1) is 17.5 Å². The van der Waals surface area contributed by atoms with Gasteiger partial charge in [-0.2, -0.15) is 13.2 Å². The Labute approximate surface area is 148 Å². The zero-order valence-electron chi connectivity index (χ0n) is 13.3. The Morgan fingerprint density at radius 1 is 1.04 bits per heavy atom. The molecule has 4 nitrogen and oxygen atoms in total. The summed E-state index contributed by atoms with van der Waals surface area (Å²) in [4.78, 5) is 23.3. The van der Waals surface area contributed by atoms with Crippen molar-refractivity contribution in [1.29, 1.82) is 0 Å². The number of carboxylic acids is 1. The molecule has 0 saturated carbocycles. The summed E-state index contributed by atoms with van der Waals surface area (Å²) in [6, 6.07) is 2.61. The highest BCUT2D eigenvalue weighted by Crippen LogP contribution is 2.32. The van der Waals surface area contributed by atoms with Crippen molar-refractivity contribution in [3.8, 4) is 0 Å². The number of benzene rings is 2. The third kappa shape index (κ3) is 4.78. The molecule has 0 spiro atoms. The fraction of sp³-hybridized carbons (Fsp3) is 0.176. The number of carbonyl (C=O) groups is 2. The molecule has 0 fully saturated rings. The second-order valence-corrected chi connectivity index (χ2v) is 5.47. The summed E-state index contributed by atoms with van der Waals surface area (Å²) in [7, 11) is 0. The Morgan fingerprint density at radius 2 is 1.59 bits per heavy atom. The zero-order chi connectivity index (χ0) is 20.4. The molecule has 0 aliphatic rings. The molecule has 10 heteroatoms. The topological polar surface area (TPSA) is 66.4 Å². The molecule has 0 radical (unpaired) electrons. The highest BCUT2D eigenvalue weighted by molar-refractivity contribution is 5.97. The molecule has 2 rings (SSSR count). The van der Waals surface area contributed by atoms with E-state index in [2.05, 4.69) is 0 Å². The lowest BCUT2D eigenvalue weighted by molar-refractivity contribution is -0.141. The van der Waals surface area contributed by atoms with E-state index in [-0.39, 0.29) is 12.1 Å². The average Bonchev–Trinajstić information content (AvgIpc) is 2.52. The number of alkyl halides is 3. The van der Waals surface area contributed by atoms with Crippen molar-refractivity contribution in [3.63, 3.8) is 0 Å². The number of aliphatic carboxylic acids is 1. The van der Waals surface area contributed by atoms with Crippen molar-refractivity contribution in [3.05, 3.63) is 70.5 Å². The van der Waals surface area contributed by atoms with E-state index in [0.717, 1.165) is 18.2 Å². The molecule has 0 unspecified atom stereocenters. The highest BCUT2D eigenvalue weighted by atomic mass is 19.4. The third-order valence-electron chi connectivity index (χ3n) is 3.58. The van der Waals surface area contributed by atoms with E-state index >= 15 is 0 Å². The molecule has 0 aliphatic heterocycles. The van der Waals surface area contributed by atoms with Crippen LogP contribution in [0.3, 0.4) is 0 Å². The minimum absolute atomic E-state index is 0.215. The fourth-order valence-electron chi connectivity index (χ4n) is 2.38. The standard InChI is InChI=1S/C17H11F6NO3/c18-9-6-11(19)14(12(20)7-9)15(25)24-13(16(26)27)5-8-3-1-2-4-10(8)17(21,22)23/h1-4,6-7,13H,5H2,(H,24,25)(H,26,27)/t13-/m0/s1. The van der Waals surface area contributed by atoms with Gasteiger partial charge < -0.3 is 10.4 Å². The van der Waals surface area contributed by atoms with Crippen molar-refractivity contribution >= 4 is 11.9 Å². The van der Waals surface area contributed by atoms with Crippen molar-refractivity contribution in [2.24, 2.45) is 0 Å². The molecule has 144 valence electrons. The van der Waals surface area contributed by atoms with Crippen molar-refractivity contribution < 1.29 is 41.0 Å². The van der Waals surface area contributed by atoms with Crippen molar-refractivity contribution in [2.75, 3.05) is 0 Å². The summed E-state index contributed by atoms with van der Waals surface area (Å²) < 4.78 is 79.1. The lowest BCUT2D eigenvalue weighted by atomic mass is 9.99. The molecule has 0 heterocycles. The largest absolute Gasteiger partial charge is 0.480 e. The maximum absolute atomic E-state index is 13.6. The summed E-state index contributed by atoms with van der Waals surface area (Å²) >= 11 is 0. The summed E-state index contributed by atoms with van der Waals surface area (Å²) in [6.07, 6.45) is -5.56. The van der Waals surface area contributed by atoms with Crippen LogP contribution in [-0.4, -0.2) is 23.0 Å². The first-order valence-corrected chi connectivity index (χ1v) is 7.34. The lowest BCUT2D eigenvalue weighted by Crippen LogP contribution is -2.43. The van der Waals surface area contributed by atoms with E-state index < -0.39 is 64.7 Å². The Balaban J connectivity index is 2.31. The number of hydrogen-bond donors (Lipinski definition) is 2. The highest BCUT2D eigenvalue weighted by Gasteiger charge is 2.34. The predicted octanol–water partition coefficient (Wildman–Crippen LogP) is 3.55. The number of carboxylic acid groups (broad SMARTS) is 1. The number of nitrogens with one attached hydrogen (secondary N) is 1. The lowest BCUT2D eigenvalue weighted by Gasteiger charge is -2.18. The Morgan fingerprint density at radius 3 is 2.11 bits per heavy atom. The van der Waals surface area contributed by atoms with Gasteiger partial charge in [-0.1, -0.05) is 18.2 Å². The van der Waals surface area contributed by atoms with E-state index in [4.69, 9.17) is 5.11 Å². The SMILES string of the molecule is O=C(N[C@@H](Cc1ccccc1C(F)(F)F)C(=O)O)c1c(F)cc(F)cc1F. The molecule has 0 aliphatic carbocycles. The number of hydrogen-bond acceptors (Lipinski definition) is 2. The van der Waals surface area contributed by atoms with Crippen LogP contribution in [0.5, 0.6) is 0 Å². The Bertz CT molecular complexity index is 858. The molecule has 0 bridgehead atoms. The molecule has 27 heavy (non-hydrogen) atoms. The van der Waals surface area contributed by atoms with Gasteiger partial charge in [0.05, 0.1) is 5.56 Å². The van der Waals surface area contributed by atoms with Crippen LogP contribution in [0.1, 0.15) is 21.5 Å². The first kappa shape index (κ1) is 20.3. The van der Waals surface area contributed by atoms with E-state index in [0.29, 0.717) is 0 Å². The van der Waals surface area contributed by atoms with Gasteiger partial charge in [0.2, 0.25) is 0 Å². The van der Waals surface area contributed by atoms with Crippen molar-refractivity contribution in [2.45, 2.75) is 18.6 Å². The molecule has 2 aromatic carbocycles. The number of carbonyl (C=O) groups excluding carboxylic acids is 1. The van der Waals surface area contributed by atoms with Gasteiger partial charge in [-0.3, -0.25) is 4.79 Å². The van der Waals surface area contributed by atoms with E-state index in [1.807, 2.05) is 0 Å². The summed E-state index contributed by atoms with van der Waals surface area (Å²) in [5.41, 5.74) is -2.78. The van der Waals surface area contributed by atoms with Gasteiger partial charge >= 0.3 is 12.1 Å². The zero-order valence-corrected chi connectivity index (χ0v) is 13.3. The van der Waals surface area contributed by atoms with Crippen LogP contribution >= 0.6 is 0 Å². The average molecular weight is 391 g/mol. The van der Waals surface area contributed by atoms with Crippen LogP contribution < -0.4 is 5.32 Å². The maximum Gasteiger partial charge on any atom is 0.416 e. The van der Waals surface area contributed by atoms with Crippen LogP contribution in [0.4, 0.5) is 26.3 Å². The molecule has 2 N–H and O–H groups in total. The molecule has 0 aromatic heterocycles. The summed E-state index contributed by atoms with van der Waals surface area (Å²) in [6.45, 7) is 0. The fourth-order valence-corrected chi connectivity index (χ4v) is 2.38. The quantitative estimate of drug-likeness (QED) is 0.767. The van der Waals surface area contributed by atoms with Gasteiger partial charge in [0.1, 0.15) is 29.1 Å². The summed E-state index contributed by atoms with van der Waals surface area (Å²) in [5.74, 6) is -7.71. The molecular weight excluding hydrogens is 380 g/mol. The normalized spacial score (nSPS) is 12.5.